The number of nitrogens with one attached hydrogen (secondary N) is 1. The van der Waals surface area contributed by atoms with Gasteiger partial charge in [-0.2, -0.15) is 0 Å². The predicted octanol–water partition coefficient (Wildman–Crippen LogP) is 4.76. The molecule has 2 bridgehead atoms. The van der Waals surface area contributed by atoms with Crippen molar-refractivity contribution in [1.29, 1.82) is 0 Å². The molecule has 1 N–H and O–H groups in total. The van der Waals surface area contributed by atoms with E-state index in [2.05, 4.69) is 17.3 Å². The largest absolute Gasteiger partial charge is 0.349 e. The molecule has 0 saturated carbocycles. The third-order valence-corrected chi connectivity index (χ3v) is 6.88. The number of hydrogen-bond acceptors (Lipinski definition) is 2. The topological polar surface area (TPSA) is 37.3 Å². The molecule has 30 heavy (non-hydrogen) atoms. The number of carbonyl (C=O) groups excluding carboxylic acids is 1. The molecule has 3 aromatic rings. The van der Waals surface area contributed by atoms with Crippen LogP contribution in [0.25, 0.3) is 22.2 Å². The number of halogens is 2. The Kier molecular flexibility index (Phi) is 5.60. The van der Waals surface area contributed by atoms with E-state index < -0.39 is 0 Å². The van der Waals surface area contributed by atoms with Gasteiger partial charge in [-0.3, -0.25) is 4.79 Å². The minimum absolute atomic E-state index is 0. The highest BCUT2D eigenvalue weighted by atomic mass is 35.5. The van der Waals surface area contributed by atoms with Crippen molar-refractivity contribution < 1.29 is 9.18 Å². The lowest BCUT2D eigenvalue weighted by atomic mass is 9.97. The zero-order valence-corrected chi connectivity index (χ0v) is 18.1. The minimum atomic E-state index is -0.353. The standard InChI is InChI=1S/C24H26FN3O.ClH/c1-27-17-11-12-18(27)14-16(13-17)26-24(29)22-21-19(25)9-6-10-20(21)28(2)23(22)15-7-4-3-5-8-15;/h3-10,16-18H,11-14H2,1-2H3,(H,26,29);1H/t16-,17+,18-;. The number of nitrogens with zero attached hydrogens (tertiary/aromatic N) is 2. The maximum Gasteiger partial charge on any atom is 0.254 e. The summed E-state index contributed by atoms with van der Waals surface area (Å²) >= 11 is 0. The fourth-order valence-corrected chi connectivity index (χ4v) is 5.39. The van der Waals surface area contributed by atoms with Crippen LogP contribution in [0.2, 0.25) is 0 Å². The molecule has 3 heterocycles. The third-order valence-electron chi connectivity index (χ3n) is 6.88. The first-order valence-electron chi connectivity index (χ1n) is 10.4. The van der Waals surface area contributed by atoms with Gasteiger partial charge in [-0.05, 0) is 50.4 Å². The van der Waals surface area contributed by atoms with E-state index in [-0.39, 0.29) is 30.2 Å². The van der Waals surface area contributed by atoms with E-state index in [0.717, 1.165) is 29.6 Å². The molecule has 1 amide bonds. The van der Waals surface area contributed by atoms with Crippen molar-refractivity contribution in [3.05, 3.63) is 59.9 Å². The van der Waals surface area contributed by atoms with E-state index in [4.69, 9.17) is 0 Å². The molecule has 4 nitrogen and oxygen atoms in total. The van der Waals surface area contributed by atoms with Gasteiger partial charge >= 0.3 is 0 Å². The van der Waals surface area contributed by atoms with Crippen LogP contribution in [0.4, 0.5) is 4.39 Å². The van der Waals surface area contributed by atoms with Crippen LogP contribution in [0.1, 0.15) is 36.0 Å². The predicted molar refractivity (Wildman–Crippen MR) is 121 cm³/mol. The van der Waals surface area contributed by atoms with Crippen molar-refractivity contribution in [2.45, 2.75) is 43.8 Å². The van der Waals surface area contributed by atoms with Crippen molar-refractivity contribution in [3.63, 3.8) is 0 Å². The number of aryl methyl sites for hydroxylation is 1. The first-order valence-corrected chi connectivity index (χ1v) is 10.4. The number of aromatic nitrogens is 1. The molecule has 2 aromatic carbocycles. The Morgan fingerprint density at radius 2 is 1.67 bits per heavy atom. The number of piperidine rings is 1. The van der Waals surface area contributed by atoms with Crippen LogP contribution in [-0.4, -0.2) is 40.5 Å². The molecule has 0 aliphatic carbocycles. The van der Waals surface area contributed by atoms with Gasteiger partial charge in [0.15, 0.2) is 0 Å². The number of fused-ring (bicyclic) bond motifs is 3. The van der Waals surface area contributed by atoms with Crippen molar-refractivity contribution in [1.82, 2.24) is 14.8 Å². The van der Waals surface area contributed by atoms with E-state index in [0.29, 0.717) is 23.0 Å². The van der Waals surface area contributed by atoms with E-state index in [1.54, 1.807) is 6.07 Å². The Labute approximate surface area is 182 Å². The van der Waals surface area contributed by atoms with Gasteiger partial charge in [0.2, 0.25) is 0 Å². The van der Waals surface area contributed by atoms with Gasteiger partial charge in [0.25, 0.3) is 5.91 Å². The highest BCUT2D eigenvalue weighted by molar-refractivity contribution is 6.13. The van der Waals surface area contributed by atoms with E-state index in [1.807, 2.05) is 48.0 Å². The molecule has 1 aromatic heterocycles. The second-order valence-corrected chi connectivity index (χ2v) is 8.47. The summed E-state index contributed by atoms with van der Waals surface area (Å²) in [5.41, 5.74) is 2.86. The highest BCUT2D eigenvalue weighted by Crippen LogP contribution is 2.37. The number of benzene rings is 2. The fourth-order valence-electron chi connectivity index (χ4n) is 5.39. The molecule has 5 rings (SSSR count). The normalized spacial score (nSPS) is 23.4. The molecule has 2 saturated heterocycles. The van der Waals surface area contributed by atoms with E-state index in [9.17, 15) is 9.18 Å². The summed E-state index contributed by atoms with van der Waals surface area (Å²) in [4.78, 5) is 16.0. The second-order valence-electron chi connectivity index (χ2n) is 8.47. The lowest BCUT2D eigenvalue weighted by Gasteiger charge is -2.36. The average molecular weight is 428 g/mol. The molecule has 2 aliphatic rings. The summed E-state index contributed by atoms with van der Waals surface area (Å²) in [7, 11) is 4.09. The summed E-state index contributed by atoms with van der Waals surface area (Å²) in [5.74, 6) is -0.526. The van der Waals surface area contributed by atoms with Crippen LogP contribution in [0.15, 0.2) is 48.5 Å². The van der Waals surface area contributed by atoms with Crippen LogP contribution in [0.5, 0.6) is 0 Å². The lowest BCUT2D eigenvalue weighted by molar-refractivity contribution is 0.0884. The first kappa shape index (κ1) is 20.9. The average Bonchev–Trinajstić information content (AvgIpc) is 3.11. The van der Waals surface area contributed by atoms with Crippen LogP contribution in [0.3, 0.4) is 0 Å². The summed E-state index contributed by atoms with van der Waals surface area (Å²) < 4.78 is 16.8. The molecule has 0 unspecified atom stereocenters. The number of rotatable bonds is 3. The van der Waals surface area contributed by atoms with Crippen LogP contribution < -0.4 is 5.32 Å². The van der Waals surface area contributed by atoms with Crippen LogP contribution in [-0.2, 0) is 7.05 Å². The Balaban J connectivity index is 0.00000218. The van der Waals surface area contributed by atoms with Crippen molar-refractivity contribution in [2.24, 2.45) is 7.05 Å². The zero-order chi connectivity index (χ0) is 20.1. The van der Waals surface area contributed by atoms with Crippen molar-refractivity contribution in [2.75, 3.05) is 7.05 Å². The molecule has 3 atom stereocenters. The Morgan fingerprint density at radius 1 is 1.00 bits per heavy atom. The van der Waals surface area contributed by atoms with Gasteiger partial charge in [-0.25, -0.2) is 4.39 Å². The zero-order valence-electron chi connectivity index (χ0n) is 17.3. The molecule has 2 fully saturated rings. The molecular formula is C24H27ClFN3O. The second kappa shape index (κ2) is 8.05. The van der Waals surface area contributed by atoms with Crippen LogP contribution in [0, 0.1) is 5.82 Å². The number of carbonyl (C=O) groups is 1. The maximum atomic E-state index is 14.9. The molecular weight excluding hydrogens is 401 g/mol. The molecule has 158 valence electrons. The molecule has 0 radical (unpaired) electrons. The van der Waals surface area contributed by atoms with Gasteiger partial charge in [0.05, 0.1) is 16.8 Å². The Morgan fingerprint density at radius 3 is 2.33 bits per heavy atom. The summed E-state index contributed by atoms with van der Waals surface area (Å²) in [6.07, 6.45) is 4.33. The van der Waals surface area contributed by atoms with Gasteiger partial charge in [-0.1, -0.05) is 36.4 Å². The summed E-state index contributed by atoms with van der Waals surface area (Å²) in [6, 6.07) is 16.0. The number of amides is 1. The monoisotopic (exact) mass is 427 g/mol. The van der Waals surface area contributed by atoms with E-state index in [1.165, 1.54) is 18.9 Å². The smallest absolute Gasteiger partial charge is 0.254 e. The quantitative estimate of drug-likeness (QED) is 0.654. The Hall–Kier alpha value is -2.37. The van der Waals surface area contributed by atoms with Gasteiger partial charge in [0, 0.05) is 30.6 Å². The molecule has 0 spiro atoms. The SMILES string of the molecule is CN1[C@@H]2CC[C@H]1C[C@@H](NC(=O)c1c(-c3ccccc3)n(C)c3cccc(F)c13)C2.Cl. The van der Waals surface area contributed by atoms with Crippen molar-refractivity contribution >= 4 is 29.2 Å². The minimum Gasteiger partial charge on any atom is -0.349 e. The highest BCUT2D eigenvalue weighted by Gasteiger charge is 2.39. The molecule has 6 heteroatoms. The Bertz CT molecular complexity index is 1070. The fraction of sp³-hybridized carbons (Fsp3) is 0.375. The van der Waals surface area contributed by atoms with Gasteiger partial charge in [-0.15, -0.1) is 12.4 Å². The van der Waals surface area contributed by atoms with Crippen LogP contribution >= 0.6 is 12.4 Å². The van der Waals surface area contributed by atoms with E-state index >= 15 is 0 Å². The molecule has 2 aliphatic heterocycles. The summed E-state index contributed by atoms with van der Waals surface area (Å²) in [6.45, 7) is 0. The van der Waals surface area contributed by atoms with Gasteiger partial charge < -0.3 is 14.8 Å². The lowest BCUT2D eigenvalue weighted by Crippen LogP contribution is -2.48. The summed E-state index contributed by atoms with van der Waals surface area (Å²) in [5, 5.41) is 3.66. The first-order chi connectivity index (χ1) is 14.0. The van der Waals surface area contributed by atoms with Gasteiger partial charge in [0.1, 0.15) is 5.82 Å². The van der Waals surface area contributed by atoms with Crippen molar-refractivity contribution in [3.8, 4) is 11.3 Å². The third kappa shape index (κ3) is 3.30. The number of hydrogen-bond donors (Lipinski definition) is 1. The maximum absolute atomic E-state index is 14.9.